The molecule has 0 aromatic heterocycles. The summed E-state index contributed by atoms with van der Waals surface area (Å²) < 4.78 is 33.2. The van der Waals surface area contributed by atoms with Crippen LogP contribution in [0.4, 0.5) is 5.69 Å². The van der Waals surface area contributed by atoms with Gasteiger partial charge in [-0.3, -0.25) is 9.52 Å². The second-order valence-corrected chi connectivity index (χ2v) is 7.01. The van der Waals surface area contributed by atoms with Gasteiger partial charge in [-0.2, -0.15) is 0 Å². The van der Waals surface area contributed by atoms with Crippen molar-refractivity contribution in [2.45, 2.75) is 25.7 Å². The van der Waals surface area contributed by atoms with Gasteiger partial charge in [0.25, 0.3) is 10.0 Å². The molecule has 128 valence electrons. The summed E-state index contributed by atoms with van der Waals surface area (Å²) in [6, 6.07) is 9.22. The first kappa shape index (κ1) is 17.8. The average molecular weight is 348 g/mol. The first-order chi connectivity index (χ1) is 11.2. The van der Waals surface area contributed by atoms with Gasteiger partial charge in [0, 0.05) is 11.3 Å². The van der Waals surface area contributed by atoms with E-state index in [0.717, 1.165) is 5.56 Å². The van der Waals surface area contributed by atoms with E-state index in [4.69, 9.17) is 10.5 Å². The van der Waals surface area contributed by atoms with Crippen molar-refractivity contribution < 1.29 is 17.9 Å². The number of ether oxygens (including phenoxy) is 1. The molecule has 0 aliphatic heterocycles. The van der Waals surface area contributed by atoms with E-state index in [1.165, 1.54) is 24.3 Å². The number of primary amides is 1. The van der Waals surface area contributed by atoms with Crippen LogP contribution in [0.1, 0.15) is 28.4 Å². The second-order valence-electron chi connectivity index (χ2n) is 5.36. The Hall–Kier alpha value is -2.54. The third-order valence-corrected chi connectivity index (χ3v) is 5.01. The zero-order chi connectivity index (χ0) is 17.9. The largest absolute Gasteiger partial charge is 0.494 e. The molecule has 0 unspecified atom stereocenters. The molecule has 6 nitrogen and oxygen atoms in total. The summed E-state index contributed by atoms with van der Waals surface area (Å²) in [4.78, 5) is 11.2. The summed E-state index contributed by atoms with van der Waals surface area (Å²) in [6.07, 6.45) is 0. The highest BCUT2D eigenvalue weighted by Crippen LogP contribution is 2.27. The van der Waals surface area contributed by atoms with Crippen molar-refractivity contribution in [3.05, 3.63) is 53.1 Å². The lowest BCUT2D eigenvalue weighted by Gasteiger charge is -2.14. The van der Waals surface area contributed by atoms with E-state index in [2.05, 4.69) is 4.72 Å². The van der Waals surface area contributed by atoms with Gasteiger partial charge < -0.3 is 10.5 Å². The molecule has 3 N–H and O–H groups in total. The van der Waals surface area contributed by atoms with Crippen LogP contribution < -0.4 is 15.2 Å². The number of anilines is 1. The maximum atomic E-state index is 12.6. The van der Waals surface area contributed by atoms with Crippen molar-refractivity contribution in [3.63, 3.8) is 0 Å². The van der Waals surface area contributed by atoms with Crippen LogP contribution in [0.15, 0.2) is 41.3 Å². The Morgan fingerprint density at radius 1 is 1.12 bits per heavy atom. The highest BCUT2D eigenvalue weighted by Gasteiger charge is 2.19. The number of nitrogens with two attached hydrogens (primary N) is 1. The van der Waals surface area contributed by atoms with Gasteiger partial charge in [-0.05, 0) is 68.3 Å². The van der Waals surface area contributed by atoms with E-state index in [0.29, 0.717) is 29.2 Å². The lowest BCUT2D eigenvalue weighted by molar-refractivity contribution is 0.100. The highest BCUT2D eigenvalue weighted by molar-refractivity contribution is 7.92. The Labute approximate surface area is 141 Å². The molecule has 0 atom stereocenters. The molecule has 0 spiro atoms. The zero-order valence-corrected chi connectivity index (χ0v) is 14.6. The van der Waals surface area contributed by atoms with E-state index in [9.17, 15) is 13.2 Å². The van der Waals surface area contributed by atoms with Crippen molar-refractivity contribution in [3.8, 4) is 5.75 Å². The third kappa shape index (κ3) is 3.86. The highest BCUT2D eigenvalue weighted by atomic mass is 32.2. The average Bonchev–Trinajstić information content (AvgIpc) is 2.50. The fraction of sp³-hybridized carbons (Fsp3) is 0.235. The van der Waals surface area contributed by atoms with Crippen LogP contribution in [-0.2, 0) is 10.0 Å². The van der Waals surface area contributed by atoms with Crippen LogP contribution >= 0.6 is 0 Å². The molecular weight excluding hydrogens is 328 g/mol. The van der Waals surface area contributed by atoms with Crippen LogP contribution in [0.2, 0.25) is 0 Å². The van der Waals surface area contributed by atoms with Gasteiger partial charge in [-0.1, -0.05) is 0 Å². The van der Waals surface area contributed by atoms with Gasteiger partial charge in [0.1, 0.15) is 5.75 Å². The number of amides is 1. The smallest absolute Gasteiger partial charge is 0.262 e. The number of benzene rings is 2. The Balaban J connectivity index is 2.33. The van der Waals surface area contributed by atoms with Crippen LogP contribution in [0.25, 0.3) is 0 Å². The van der Waals surface area contributed by atoms with Gasteiger partial charge in [0.15, 0.2) is 0 Å². The number of nitrogens with one attached hydrogen (secondary N) is 1. The molecule has 0 heterocycles. The van der Waals surface area contributed by atoms with Crippen molar-refractivity contribution >= 4 is 21.6 Å². The van der Waals surface area contributed by atoms with Gasteiger partial charge in [-0.25, -0.2) is 8.42 Å². The summed E-state index contributed by atoms with van der Waals surface area (Å²) in [7, 11) is -3.75. The molecule has 2 aromatic rings. The maximum Gasteiger partial charge on any atom is 0.262 e. The maximum absolute atomic E-state index is 12.6. The fourth-order valence-corrected chi connectivity index (χ4v) is 3.65. The summed E-state index contributed by atoms with van der Waals surface area (Å²) in [5.74, 6) is 0.0992. The first-order valence-corrected chi connectivity index (χ1v) is 8.89. The second kappa shape index (κ2) is 6.92. The molecule has 0 fully saturated rings. The SMILES string of the molecule is CCOc1cc(C)c(S(=O)(=O)Nc2ccc(C(N)=O)cc2)cc1C. The van der Waals surface area contributed by atoms with E-state index in [1.54, 1.807) is 26.0 Å². The van der Waals surface area contributed by atoms with Gasteiger partial charge in [0.05, 0.1) is 11.5 Å². The Kier molecular flexibility index (Phi) is 5.14. The number of rotatable bonds is 6. The predicted octanol–water partition coefficient (Wildman–Crippen LogP) is 2.60. The topological polar surface area (TPSA) is 98.5 Å². The molecule has 0 saturated carbocycles. The van der Waals surface area contributed by atoms with Crippen molar-refractivity contribution in [1.82, 2.24) is 0 Å². The monoisotopic (exact) mass is 348 g/mol. The van der Waals surface area contributed by atoms with E-state index >= 15 is 0 Å². The minimum atomic E-state index is -3.75. The van der Waals surface area contributed by atoms with Crippen molar-refractivity contribution in [2.24, 2.45) is 5.73 Å². The molecular formula is C17H20N2O4S. The lowest BCUT2D eigenvalue weighted by atomic mass is 10.1. The van der Waals surface area contributed by atoms with Crippen LogP contribution in [-0.4, -0.2) is 20.9 Å². The quantitative estimate of drug-likeness (QED) is 0.838. The lowest BCUT2D eigenvalue weighted by Crippen LogP contribution is -2.15. The molecule has 0 bridgehead atoms. The summed E-state index contributed by atoms with van der Waals surface area (Å²) in [5.41, 5.74) is 7.16. The van der Waals surface area contributed by atoms with Crippen molar-refractivity contribution in [2.75, 3.05) is 11.3 Å². The van der Waals surface area contributed by atoms with E-state index in [1.807, 2.05) is 6.92 Å². The van der Waals surface area contributed by atoms with E-state index < -0.39 is 15.9 Å². The van der Waals surface area contributed by atoms with Gasteiger partial charge in [-0.15, -0.1) is 0 Å². The standard InChI is InChI=1S/C17H20N2O4S/c1-4-23-15-9-12(3)16(10-11(15)2)24(21,22)19-14-7-5-13(6-8-14)17(18)20/h5-10,19H,4H2,1-3H3,(H2,18,20). The first-order valence-electron chi connectivity index (χ1n) is 7.41. The summed E-state index contributed by atoms with van der Waals surface area (Å²) in [5, 5.41) is 0. The number of hydrogen-bond donors (Lipinski definition) is 2. The Bertz CT molecular complexity index is 859. The van der Waals surface area contributed by atoms with Crippen LogP contribution in [0, 0.1) is 13.8 Å². The molecule has 0 radical (unpaired) electrons. The molecule has 1 amide bonds. The Morgan fingerprint density at radius 3 is 2.29 bits per heavy atom. The predicted molar refractivity (Wildman–Crippen MR) is 92.9 cm³/mol. The molecule has 0 aliphatic rings. The minimum absolute atomic E-state index is 0.183. The number of carbonyl (C=O) groups is 1. The van der Waals surface area contributed by atoms with Crippen molar-refractivity contribution in [1.29, 1.82) is 0 Å². The van der Waals surface area contributed by atoms with E-state index in [-0.39, 0.29) is 4.90 Å². The normalized spacial score (nSPS) is 11.1. The number of hydrogen-bond acceptors (Lipinski definition) is 4. The van der Waals surface area contributed by atoms with Crippen LogP contribution in [0.3, 0.4) is 0 Å². The van der Waals surface area contributed by atoms with Crippen LogP contribution in [0.5, 0.6) is 5.75 Å². The molecule has 2 rings (SSSR count). The number of carbonyl (C=O) groups excluding carboxylic acids is 1. The molecule has 2 aromatic carbocycles. The summed E-state index contributed by atoms with van der Waals surface area (Å²) in [6.45, 7) is 5.89. The third-order valence-electron chi connectivity index (χ3n) is 3.48. The molecule has 24 heavy (non-hydrogen) atoms. The molecule has 0 aliphatic carbocycles. The molecule has 0 saturated heterocycles. The van der Waals surface area contributed by atoms with Gasteiger partial charge >= 0.3 is 0 Å². The minimum Gasteiger partial charge on any atom is -0.494 e. The zero-order valence-electron chi connectivity index (χ0n) is 13.8. The number of sulfonamides is 1. The van der Waals surface area contributed by atoms with Gasteiger partial charge in [0.2, 0.25) is 5.91 Å². The molecule has 7 heteroatoms. The Morgan fingerprint density at radius 2 is 1.75 bits per heavy atom. The fourth-order valence-electron chi connectivity index (χ4n) is 2.28. The summed E-state index contributed by atoms with van der Waals surface area (Å²) >= 11 is 0. The number of aryl methyl sites for hydroxylation is 2.